The van der Waals surface area contributed by atoms with Crippen molar-refractivity contribution in [1.82, 2.24) is 4.57 Å². The van der Waals surface area contributed by atoms with E-state index in [2.05, 4.69) is 4.57 Å². The molecule has 1 aromatic carbocycles. The maximum atomic E-state index is 12.5. The minimum absolute atomic E-state index is 0.0930. The molecule has 0 N–H and O–H groups in total. The number of hydrogen-bond donors (Lipinski definition) is 0. The molecule has 0 bridgehead atoms. The predicted octanol–water partition coefficient (Wildman–Crippen LogP) is 3.70. The van der Waals surface area contributed by atoms with Crippen molar-refractivity contribution < 1.29 is 19.2 Å². The molecule has 0 aliphatic heterocycles. The normalized spacial score (nSPS) is 13.5. The molecule has 1 heterocycles. The van der Waals surface area contributed by atoms with Crippen molar-refractivity contribution in [2.45, 2.75) is 39.7 Å². The number of Topliss-reactive ketones (excluding diaryl/α,β-unsaturated/α-hetero) is 1. The Hall–Kier alpha value is -2.96. The van der Waals surface area contributed by atoms with Gasteiger partial charge in [-0.3, -0.25) is 14.9 Å². The Morgan fingerprint density at radius 2 is 1.92 bits per heavy atom. The molecule has 1 aliphatic rings. The SMILES string of the molecule is Cc1c(C(=O)OCC(=O)c2cc(C)n(C3CC3)c2C)cccc1[N+](=O)[O-]. The quantitative estimate of drug-likeness (QED) is 0.341. The number of hydrogen-bond acceptors (Lipinski definition) is 5. The molecule has 26 heavy (non-hydrogen) atoms. The van der Waals surface area contributed by atoms with Crippen LogP contribution in [-0.2, 0) is 4.74 Å². The Morgan fingerprint density at radius 1 is 1.23 bits per heavy atom. The number of esters is 1. The van der Waals surface area contributed by atoms with Crippen LogP contribution in [0.15, 0.2) is 24.3 Å². The van der Waals surface area contributed by atoms with Gasteiger partial charge in [0.2, 0.25) is 5.78 Å². The minimum Gasteiger partial charge on any atom is -0.454 e. The van der Waals surface area contributed by atoms with Gasteiger partial charge in [-0.25, -0.2) is 4.79 Å². The molecule has 1 aromatic heterocycles. The fourth-order valence-corrected chi connectivity index (χ4v) is 3.28. The van der Waals surface area contributed by atoms with Crippen molar-refractivity contribution in [2.24, 2.45) is 0 Å². The molecule has 1 aliphatic carbocycles. The summed E-state index contributed by atoms with van der Waals surface area (Å²) in [6.07, 6.45) is 2.23. The van der Waals surface area contributed by atoms with Crippen molar-refractivity contribution in [2.75, 3.05) is 6.61 Å². The van der Waals surface area contributed by atoms with Crippen molar-refractivity contribution in [3.05, 3.63) is 62.5 Å². The van der Waals surface area contributed by atoms with Gasteiger partial charge >= 0.3 is 5.97 Å². The van der Waals surface area contributed by atoms with Crippen molar-refractivity contribution in [3.8, 4) is 0 Å². The number of aryl methyl sites for hydroxylation is 1. The van der Waals surface area contributed by atoms with Gasteiger partial charge in [0.15, 0.2) is 6.61 Å². The maximum Gasteiger partial charge on any atom is 0.339 e. The van der Waals surface area contributed by atoms with Gasteiger partial charge in [0.1, 0.15) is 0 Å². The molecule has 1 fully saturated rings. The van der Waals surface area contributed by atoms with Crippen molar-refractivity contribution in [3.63, 3.8) is 0 Å². The number of ether oxygens (including phenoxy) is 1. The van der Waals surface area contributed by atoms with Crippen molar-refractivity contribution in [1.29, 1.82) is 0 Å². The summed E-state index contributed by atoms with van der Waals surface area (Å²) in [4.78, 5) is 35.1. The van der Waals surface area contributed by atoms with Crippen LogP contribution < -0.4 is 0 Å². The van der Waals surface area contributed by atoms with Gasteiger partial charge in [-0.05, 0) is 45.7 Å². The van der Waals surface area contributed by atoms with Crippen LogP contribution in [-0.4, -0.2) is 27.8 Å². The van der Waals surface area contributed by atoms with E-state index in [9.17, 15) is 19.7 Å². The summed E-state index contributed by atoms with van der Waals surface area (Å²) in [5, 5.41) is 11.0. The Balaban J connectivity index is 1.72. The molecule has 136 valence electrons. The monoisotopic (exact) mass is 356 g/mol. The molecule has 0 amide bonds. The van der Waals surface area contributed by atoms with E-state index in [1.165, 1.54) is 25.1 Å². The smallest absolute Gasteiger partial charge is 0.339 e. The molecule has 0 saturated heterocycles. The number of aromatic nitrogens is 1. The summed E-state index contributed by atoms with van der Waals surface area (Å²) in [6.45, 7) is 4.95. The second-order valence-electron chi connectivity index (χ2n) is 6.59. The zero-order chi connectivity index (χ0) is 19.0. The van der Waals surface area contributed by atoms with Crippen molar-refractivity contribution >= 4 is 17.4 Å². The topological polar surface area (TPSA) is 91.4 Å². The number of nitro benzene ring substituents is 1. The summed E-state index contributed by atoms with van der Waals surface area (Å²) in [7, 11) is 0. The lowest BCUT2D eigenvalue weighted by Crippen LogP contribution is -2.16. The van der Waals surface area contributed by atoms with E-state index in [4.69, 9.17) is 4.74 Å². The predicted molar refractivity (Wildman–Crippen MR) is 94.6 cm³/mol. The highest BCUT2D eigenvalue weighted by atomic mass is 16.6. The van der Waals surface area contributed by atoms with Gasteiger partial charge < -0.3 is 9.30 Å². The van der Waals surface area contributed by atoms with Crippen LogP contribution in [0, 0.1) is 30.9 Å². The lowest BCUT2D eigenvalue weighted by atomic mass is 10.1. The second-order valence-corrected chi connectivity index (χ2v) is 6.59. The summed E-state index contributed by atoms with van der Waals surface area (Å²) in [5.74, 6) is -1.02. The largest absolute Gasteiger partial charge is 0.454 e. The van der Waals surface area contributed by atoms with E-state index in [1.807, 2.05) is 19.9 Å². The van der Waals surface area contributed by atoms with E-state index in [1.54, 1.807) is 0 Å². The number of rotatable bonds is 6. The third kappa shape index (κ3) is 3.24. The van der Waals surface area contributed by atoms with Gasteiger partial charge in [0.05, 0.1) is 10.5 Å². The molecule has 0 unspecified atom stereocenters. The minimum atomic E-state index is -0.740. The number of benzene rings is 1. The molecular formula is C19H20N2O5. The molecule has 2 aromatic rings. The van der Waals surface area contributed by atoms with E-state index in [0.717, 1.165) is 24.2 Å². The molecule has 0 atom stereocenters. The standard InChI is InChI=1S/C19H20N2O5/c1-11-9-16(13(3)20(11)14-7-8-14)18(22)10-26-19(23)15-5-4-6-17(12(15)2)21(24)25/h4-6,9,14H,7-8,10H2,1-3H3. The first-order valence-electron chi connectivity index (χ1n) is 8.44. The van der Waals surface area contributed by atoms with Crippen LogP contribution in [0.3, 0.4) is 0 Å². The summed E-state index contributed by atoms with van der Waals surface area (Å²) in [5.41, 5.74) is 2.63. The number of nitro groups is 1. The van der Waals surface area contributed by atoms with Gasteiger partial charge in [-0.15, -0.1) is 0 Å². The molecule has 7 nitrogen and oxygen atoms in total. The average Bonchev–Trinajstić information content (AvgIpc) is 3.37. The highest BCUT2D eigenvalue weighted by molar-refractivity contribution is 6.00. The summed E-state index contributed by atoms with van der Waals surface area (Å²) < 4.78 is 7.27. The molecule has 0 radical (unpaired) electrons. The van der Waals surface area contributed by atoms with E-state index in [-0.39, 0.29) is 22.6 Å². The zero-order valence-electron chi connectivity index (χ0n) is 14.9. The molecule has 1 saturated carbocycles. The first kappa shape index (κ1) is 17.8. The van der Waals surface area contributed by atoms with Gasteiger partial charge in [0.25, 0.3) is 5.69 Å². The van der Waals surface area contributed by atoms with Gasteiger partial charge in [0, 0.05) is 34.6 Å². The number of nitrogens with zero attached hydrogens (tertiary/aromatic N) is 2. The first-order valence-corrected chi connectivity index (χ1v) is 8.44. The average molecular weight is 356 g/mol. The van der Waals surface area contributed by atoms with Gasteiger partial charge in [-0.2, -0.15) is 0 Å². The lowest BCUT2D eigenvalue weighted by Gasteiger charge is -2.08. The fourth-order valence-electron chi connectivity index (χ4n) is 3.28. The Kier molecular flexibility index (Phi) is 4.63. The third-order valence-electron chi connectivity index (χ3n) is 4.75. The number of ketones is 1. The molecule has 0 spiro atoms. The summed E-state index contributed by atoms with van der Waals surface area (Å²) in [6, 6.07) is 6.49. The van der Waals surface area contributed by atoms with Crippen LogP contribution >= 0.6 is 0 Å². The zero-order valence-corrected chi connectivity index (χ0v) is 14.9. The van der Waals surface area contributed by atoms with Crippen LogP contribution in [0.25, 0.3) is 0 Å². The van der Waals surface area contributed by atoms with Crippen LogP contribution in [0.4, 0.5) is 5.69 Å². The highest BCUT2D eigenvalue weighted by Crippen LogP contribution is 2.38. The summed E-state index contributed by atoms with van der Waals surface area (Å²) >= 11 is 0. The Morgan fingerprint density at radius 3 is 2.54 bits per heavy atom. The van der Waals surface area contributed by atoms with Crippen LogP contribution in [0.1, 0.15) is 56.6 Å². The highest BCUT2D eigenvalue weighted by Gasteiger charge is 2.28. The fraction of sp³-hybridized carbons (Fsp3) is 0.368. The number of carbonyl (C=O) groups excluding carboxylic acids is 2. The number of carbonyl (C=O) groups is 2. The Labute approximate surface area is 150 Å². The first-order chi connectivity index (χ1) is 12.3. The second kappa shape index (κ2) is 6.74. The molecular weight excluding hydrogens is 336 g/mol. The van der Waals surface area contributed by atoms with E-state index < -0.39 is 17.5 Å². The van der Waals surface area contributed by atoms with E-state index in [0.29, 0.717) is 11.6 Å². The third-order valence-corrected chi connectivity index (χ3v) is 4.75. The lowest BCUT2D eigenvalue weighted by molar-refractivity contribution is -0.385. The van der Waals surface area contributed by atoms with Gasteiger partial charge in [-0.1, -0.05) is 6.07 Å². The molecule has 7 heteroatoms. The maximum absolute atomic E-state index is 12.5. The Bertz CT molecular complexity index is 909. The van der Waals surface area contributed by atoms with Crippen LogP contribution in [0.5, 0.6) is 0 Å². The van der Waals surface area contributed by atoms with Crippen LogP contribution in [0.2, 0.25) is 0 Å². The van der Waals surface area contributed by atoms with E-state index >= 15 is 0 Å². The molecule has 3 rings (SSSR count).